The number of hydrogen-bond acceptors (Lipinski definition) is 3. The molecule has 0 unspecified atom stereocenters. The molecule has 4 nitrogen and oxygen atoms in total. The smallest absolute Gasteiger partial charge is 0.222 e. The van der Waals surface area contributed by atoms with Gasteiger partial charge in [-0.3, -0.25) is 4.79 Å². The van der Waals surface area contributed by atoms with Gasteiger partial charge in [0, 0.05) is 26.6 Å². The van der Waals surface area contributed by atoms with Gasteiger partial charge in [0.15, 0.2) is 0 Å². The quantitative estimate of drug-likeness (QED) is 0.581. The molecule has 1 amide bonds. The van der Waals surface area contributed by atoms with Crippen molar-refractivity contribution in [1.29, 1.82) is 0 Å². The molecule has 0 saturated heterocycles. The average molecular weight is 188 g/mol. The Bertz CT molecular complexity index is 140. The molecule has 0 aliphatic rings. The highest BCUT2D eigenvalue weighted by molar-refractivity contribution is 5.75. The van der Waals surface area contributed by atoms with E-state index < -0.39 is 0 Å². The number of hydrogen-bond donors (Lipinski definition) is 1. The third-order valence-electron chi connectivity index (χ3n) is 1.80. The van der Waals surface area contributed by atoms with Gasteiger partial charge in [0.05, 0.1) is 6.61 Å². The topological polar surface area (TPSA) is 55.6 Å². The van der Waals surface area contributed by atoms with Crippen LogP contribution in [0.15, 0.2) is 0 Å². The zero-order valence-electron chi connectivity index (χ0n) is 8.58. The fraction of sp³-hybridized carbons (Fsp3) is 0.889. The third kappa shape index (κ3) is 6.54. The summed E-state index contributed by atoms with van der Waals surface area (Å²) in [5.74, 6) is 0.144. The van der Waals surface area contributed by atoms with Crippen LogP contribution in [0.1, 0.15) is 19.8 Å². The highest BCUT2D eigenvalue weighted by Gasteiger charge is 2.06. The number of nitrogens with zero attached hydrogens (tertiary/aromatic N) is 1. The van der Waals surface area contributed by atoms with Crippen LogP contribution in [0.3, 0.4) is 0 Å². The SMILES string of the molecule is CCOCCN(C)C(=O)CCCN. The Labute approximate surface area is 80.0 Å². The molecule has 0 saturated carbocycles. The van der Waals surface area contributed by atoms with Crippen LogP contribution >= 0.6 is 0 Å². The van der Waals surface area contributed by atoms with Crippen LogP contribution in [0.25, 0.3) is 0 Å². The van der Waals surface area contributed by atoms with E-state index in [1.54, 1.807) is 11.9 Å². The second-order valence-electron chi connectivity index (χ2n) is 2.90. The molecule has 0 atom stereocenters. The van der Waals surface area contributed by atoms with E-state index in [2.05, 4.69) is 0 Å². The highest BCUT2D eigenvalue weighted by Crippen LogP contribution is 1.93. The van der Waals surface area contributed by atoms with Crippen molar-refractivity contribution in [2.75, 3.05) is 33.4 Å². The van der Waals surface area contributed by atoms with Crippen molar-refractivity contribution in [1.82, 2.24) is 4.90 Å². The van der Waals surface area contributed by atoms with Crippen LogP contribution < -0.4 is 5.73 Å². The van der Waals surface area contributed by atoms with Gasteiger partial charge in [0.2, 0.25) is 5.91 Å². The van der Waals surface area contributed by atoms with Crippen molar-refractivity contribution in [2.45, 2.75) is 19.8 Å². The Kier molecular flexibility index (Phi) is 7.63. The van der Waals surface area contributed by atoms with Crippen molar-refractivity contribution in [3.8, 4) is 0 Å². The van der Waals surface area contributed by atoms with E-state index >= 15 is 0 Å². The molecular weight excluding hydrogens is 168 g/mol. The van der Waals surface area contributed by atoms with Gasteiger partial charge in [-0.25, -0.2) is 0 Å². The van der Waals surface area contributed by atoms with Gasteiger partial charge in [0.25, 0.3) is 0 Å². The molecule has 4 heteroatoms. The number of carbonyl (C=O) groups excluding carboxylic acids is 1. The molecule has 0 fully saturated rings. The number of amides is 1. The van der Waals surface area contributed by atoms with Gasteiger partial charge in [-0.2, -0.15) is 0 Å². The first-order valence-corrected chi connectivity index (χ1v) is 4.74. The molecule has 0 aromatic heterocycles. The first-order valence-electron chi connectivity index (χ1n) is 4.74. The van der Waals surface area contributed by atoms with E-state index in [1.165, 1.54) is 0 Å². The van der Waals surface area contributed by atoms with Gasteiger partial charge >= 0.3 is 0 Å². The molecule has 0 rings (SSSR count). The lowest BCUT2D eigenvalue weighted by atomic mass is 10.3. The van der Waals surface area contributed by atoms with Gasteiger partial charge in [-0.15, -0.1) is 0 Å². The lowest BCUT2D eigenvalue weighted by Crippen LogP contribution is -2.30. The van der Waals surface area contributed by atoms with Gasteiger partial charge in [-0.1, -0.05) is 0 Å². The molecule has 0 aliphatic carbocycles. The highest BCUT2D eigenvalue weighted by atomic mass is 16.5. The summed E-state index contributed by atoms with van der Waals surface area (Å²) in [6.45, 7) is 4.49. The summed E-state index contributed by atoms with van der Waals surface area (Å²) >= 11 is 0. The minimum absolute atomic E-state index is 0.144. The first kappa shape index (κ1) is 12.4. The average Bonchev–Trinajstić information content (AvgIpc) is 2.14. The molecular formula is C9H20N2O2. The zero-order valence-corrected chi connectivity index (χ0v) is 8.58. The fourth-order valence-corrected chi connectivity index (χ4v) is 0.915. The van der Waals surface area contributed by atoms with Crippen LogP contribution in [0.5, 0.6) is 0 Å². The summed E-state index contributed by atoms with van der Waals surface area (Å²) in [5.41, 5.74) is 5.30. The van der Waals surface area contributed by atoms with Crippen LogP contribution in [-0.4, -0.2) is 44.2 Å². The van der Waals surface area contributed by atoms with Crippen LogP contribution in [-0.2, 0) is 9.53 Å². The molecule has 0 heterocycles. The van der Waals surface area contributed by atoms with E-state index in [0.717, 1.165) is 6.42 Å². The van der Waals surface area contributed by atoms with Crippen LogP contribution in [0.4, 0.5) is 0 Å². The summed E-state index contributed by atoms with van der Waals surface area (Å²) in [5, 5.41) is 0. The molecule has 2 N–H and O–H groups in total. The van der Waals surface area contributed by atoms with E-state index in [4.69, 9.17) is 10.5 Å². The second-order valence-corrected chi connectivity index (χ2v) is 2.90. The summed E-state index contributed by atoms with van der Waals surface area (Å²) < 4.78 is 5.14. The van der Waals surface area contributed by atoms with Crippen molar-refractivity contribution in [3.63, 3.8) is 0 Å². The molecule has 78 valence electrons. The summed E-state index contributed by atoms with van der Waals surface area (Å²) in [7, 11) is 1.79. The minimum Gasteiger partial charge on any atom is -0.380 e. The van der Waals surface area contributed by atoms with Gasteiger partial charge < -0.3 is 15.4 Å². The third-order valence-corrected chi connectivity index (χ3v) is 1.80. The summed E-state index contributed by atoms with van der Waals surface area (Å²) in [6.07, 6.45) is 1.30. The maximum Gasteiger partial charge on any atom is 0.222 e. The second kappa shape index (κ2) is 8.01. The van der Waals surface area contributed by atoms with E-state index in [0.29, 0.717) is 32.7 Å². The number of ether oxygens (including phenoxy) is 1. The fourth-order valence-electron chi connectivity index (χ4n) is 0.915. The summed E-state index contributed by atoms with van der Waals surface area (Å²) in [6, 6.07) is 0. The Morgan fingerprint density at radius 1 is 1.54 bits per heavy atom. The Morgan fingerprint density at radius 2 is 2.23 bits per heavy atom. The molecule has 0 aliphatic heterocycles. The number of nitrogens with two attached hydrogens (primary N) is 1. The maximum absolute atomic E-state index is 11.3. The van der Waals surface area contributed by atoms with Crippen LogP contribution in [0.2, 0.25) is 0 Å². The number of carbonyl (C=O) groups is 1. The number of likely N-dealkylation sites (N-methyl/N-ethyl adjacent to an activating group) is 1. The lowest BCUT2D eigenvalue weighted by Gasteiger charge is -2.16. The predicted molar refractivity (Wildman–Crippen MR) is 52.4 cm³/mol. The molecule has 0 aromatic carbocycles. The Hall–Kier alpha value is -0.610. The molecule has 0 bridgehead atoms. The molecule has 0 aromatic rings. The van der Waals surface area contributed by atoms with E-state index in [1.807, 2.05) is 6.92 Å². The Morgan fingerprint density at radius 3 is 2.77 bits per heavy atom. The minimum atomic E-state index is 0.144. The number of rotatable bonds is 7. The zero-order chi connectivity index (χ0) is 10.1. The van der Waals surface area contributed by atoms with Crippen molar-refractivity contribution in [2.24, 2.45) is 5.73 Å². The maximum atomic E-state index is 11.3. The van der Waals surface area contributed by atoms with Crippen molar-refractivity contribution in [3.05, 3.63) is 0 Å². The normalized spacial score (nSPS) is 10.1. The lowest BCUT2D eigenvalue weighted by molar-refractivity contribution is -0.130. The monoisotopic (exact) mass is 188 g/mol. The predicted octanol–water partition coefficient (Wildman–Crippen LogP) is 0.220. The molecule has 13 heavy (non-hydrogen) atoms. The standard InChI is InChI=1S/C9H20N2O2/c1-3-13-8-7-11(2)9(12)5-4-6-10/h3-8,10H2,1-2H3. The van der Waals surface area contributed by atoms with Crippen molar-refractivity contribution < 1.29 is 9.53 Å². The summed E-state index contributed by atoms with van der Waals surface area (Å²) in [4.78, 5) is 13.0. The largest absolute Gasteiger partial charge is 0.380 e. The van der Waals surface area contributed by atoms with E-state index in [9.17, 15) is 4.79 Å². The van der Waals surface area contributed by atoms with Crippen LogP contribution in [0, 0.1) is 0 Å². The molecule has 0 radical (unpaired) electrons. The van der Waals surface area contributed by atoms with Gasteiger partial charge in [-0.05, 0) is 19.9 Å². The molecule has 0 spiro atoms. The van der Waals surface area contributed by atoms with Gasteiger partial charge in [0.1, 0.15) is 0 Å². The van der Waals surface area contributed by atoms with Crippen molar-refractivity contribution >= 4 is 5.91 Å². The van der Waals surface area contributed by atoms with E-state index in [-0.39, 0.29) is 5.91 Å². The Balaban J connectivity index is 3.45. The first-order chi connectivity index (χ1) is 6.22.